The summed E-state index contributed by atoms with van der Waals surface area (Å²) in [6.45, 7) is 3.25. The van der Waals surface area contributed by atoms with Crippen molar-refractivity contribution in [2.45, 2.75) is 6.92 Å². The second-order valence-corrected chi connectivity index (χ2v) is 8.88. The highest BCUT2D eigenvalue weighted by Crippen LogP contribution is 2.42. The molecular formula is C30H29N2+. The van der Waals surface area contributed by atoms with E-state index in [0.29, 0.717) is 0 Å². The molecule has 5 aromatic carbocycles. The molecule has 0 aliphatic carbocycles. The number of anilines is 2. The molecule has 0 fully saturated rings. The Hall–Kier alpha value is -3.62. The lowest BCUT2D eigenvalue weighted by Crippen LogP contribution is -2.40. The van der Waals surface area contributed by atoms with Crippen LogP contribution >= 0.6 is 0 Å². The maximum atomic E-state index is 3.90. The van der Waals surface area contributed by atoms with Gasteiger partial charge in [-0.25, -0.2) is 0 Å². The molecule has 0 aliphatic heterocycles. The van der Waals surface area contributed by atoms with E-state index in [1.807, 2.05) is 0 Å². The third-order valence-electron chi connectivity index (χ3n) is 6.57. The SMILES string of the molecule is CC[N+](C)(C)c1c(Nc2c(-c3ccccc3)ccc3ccccc23)ccc2ccccc12. The maximum Gasteiger partial charge on any atom is 0.164 e. The molecule has 0 saturated heterocycles. The first-order valence-electron chi connectivity index (χ1n) is 11.3. The fourth-order valence-electron chi connectivity index (χ4n) is 4.57. The molecule has 0 radical (unpaired) electrons. The summed E-state index contributed by atoms with van der Waals surface area (Å²) >= 11 is 0. The quantitative estimate of drug-likeness (QED) is 0.286. The lowest BCUT2D eigenvalue weighted by Gasteiger charge is -2.31. The van der Waals surface area contributed by atoms with Crippen LogP contribution in [0.3, 0.4) is 0 Å². The number of nitrogens with one attached hydrogen (secondary N) is 1. The largest absolute Gasteiger partial charge is 0.350 e. The van der Waals surface area contributed by atoms with Crippen LogP contribution in [-0.4, -0.2) is 20.6 Å². The Labute approximate surface area is 190 Å². The minimum Gasteiger partial charge on any atom is -0.350 e. The summed E-state index contributed by atoms with van der Waals surface area (Å²) in [4.78, 5) is 0. The van der Waals surface area contributed by atoms with Crippen molar-refractivity contribution < 1.29 is 0 Å². The molecule has 32 heavy (non-hydrogen) atoms. The van der Waals surface area contributed by atoms with E-state index in [1.165, 1.54) is 38.4 Å². The van der Waals surface area contributed by atoms with E-state index in [-0.39, 0.29) is 0 Å². The van der Waals surface area contributed by atoms with Crippen LogP contribution in [0, 0.1) is 0 Å². The van der Waals surface area contributed by atoms with Gasteiger partial charge < -0.3 is 5.32 Å². The second kappa shape index (κ2) is 8.14. The van der Waals surface area contributed by atoms with Crippen molar-refractivity contribution in [3.8, 4) is 11.1 Å². The molecule has 0 aromatic heterocycles. The molecular weight excluding hydrogens is 388 g/mol. The highest BCUT2D eigenvalue weighted by molar-refractivity contribution is 6.06. The molecule has 0 saturated carbocycles. The molecule has 0 unspecified atom stereocenters. The van der Waals surface area contributed by atoms with E-state index in [0.717, 1.165) is 22.4 Å². The first kappa shape index (κ1) is 20.3. The second-order valence-electron chi connectivity index (χ2n) is 8.88. The van der Waals surface area contributed by atoms with Gasteiger partial charge in [0.05, 0.1) is 26.3 Å². The van der Waals surface area contributed by atoms with Gasteiger partial charge in [-0.1, -0.05) is 91.0 Å². The number of fused-ring (bicyclic) bond motifs is 2. The van der Waals surface area contributed by atoms with Crippen LogP contribution < -0.4 is 9.80 Å². The summed E-state index contributed by atoms with van der Waals surface area (Å²) in [7, 11) is 4.57. The zero-order valence-electron chi connectivity index (χ0n) is 19.0. The van der Waals surface area contributed by atoms with Crippen LogP contribution in [0.4, 0.5) is 17.1 Å². The van der Waals surface area contributed by atoms with Crippen molar-refractivity contribution in [1.29, 1.82) is 0 Å². The summed E-state index contributed by atoms with van der Waals surface area (Å²) in [5.41, 5.74) is 6.06. The predicted octanol–water partition coefficient (Wildman–Crippen LogP) is 7.99. The number of benzene rings is 5. The third-order valence-corrected chi connectivity index (χ3v) is 6.57. The molecule has 0 heterocycles. The fourth-order valence-corrected chi connectivity index (χ4v) is 4.57. The Bertz CT molecular complexity index is 1400. The number of rotatable bonds is 5. The van der Waals surface area contributed by atoms with Crippen molar-refractivity contribution in [1.82, 2.24) is 4.48 Å². The standard InChI is InChI=1S/C30H29N2/c1-4-32(2,3)30-27-17-11-9-15-24(27)19-21-28(30)31-29-25-16-10-8-14-23(25)18-20-26(29)22-12-6-5-7-13-22/h5-21,31H,4H2,1-3H3/q+1. The van der Waals surface area contributed by atoms with E-state index in [2.05, 4.69) is 129 Å². The number of nitrogens with zero attached hydrogens (tertiary/aromatic N) is 1. The van der Waals surface area contributed by atoms with Crippen LogP contribution in [-0.2, 0) is 0 Å². The lowest BCUT2D eigenvalue weighted by atomic mass is 9.97. The molecule has 0 atom stereocenters. The van der Waals surface area contributed by atoms with E-state index < -0.39 is 0 Å². The summed E-state index contributed by atoms with van der Waals surface area (Å²) in [6.07, 6.45) is 0. The Kier molecular flexibility index (Phi) is 5.16. The van der Waals surface area contributed by atoms with E-state index in [9.17, 15) is 0 Å². The van der Waals surface area contributed by atoms with Crippen LogP contribution in [0.25, 0.3) is 32.7 Å². The molecule has 0 spiro atoms. The van der Waals surface area contributed by atoms with Gasteiger partial charge in [0.2, 0.25) is 0 Å². The molecule has 0 aliphatic rings. The average molecular weight is 418 g/mol. The minimum atomic E-state index is 0.801. The van der Waals surface area contributed by atoms with E-state index in [4.69, 9.17) is 0 Å². The lowest BCUT2D eigenvalue weighted by molar-refractivity contribution is 0.425. The van der Waals surface area contributed by atoms with Gasteiger partial charge in [0, 0.05) is 16.3 Å². The number of hydrogen-bond acceptors (Lipinski definition) is 1. The van der Waals surface area contributed by atoms with Crippen molar-refractivity contribution in [3.63, 3.8) is 0 Å². The first-order chi connectivity index (χ1) is 15.6. The Morgan fingerprint density at radius 2 is 1.22 bits per heavy atom. The van der Waals surface area contributed by atoms with Gasteiger partial charge in [-0.05, 0) is 35.4 Å². The van der Waals surface area contributed by atoms with E-state index >= 15 is 0 Å². The number of hydrogen-bond donors (Lipinski definition) is 1. The topological polar surface area (TPSA) is 12.0 Å². The van der Waals surface area contributed by atoms with Crippen molar-refractivity contribution in [3.05, 3.63) is 103 Å². The van der Waals surface area contributed by atoms with Crippen LogP contribution in [0.1, 0.15) is 6.92 Å². The summed E-state index contributed by atoms with van der Waals surface area (Å²) in [6, 6.07) is 36.9. The van der Waals surface area contributed by atoms with E-state index in [1.54, 1.807) is 0 Å². The van der Waals surface area contributed by atoms with Crippen LogP contribution in [0.2, 0.25) is 0 Å². The molecule has 158 valence electrons. The Balaban J connectivity index is 1.78. The van der Waals surface area contributed by atoms with Gasteiger partial charge in [0.15, 0.2) is 5.69 Å². The molecule has 0 bridgehead atoms. The van der Waals surface area contributed by atoms with Gasteiger partial charge in [-0.3, -0.25) is 4.48 Å². The number of quaternary nitrogens is 1. The zero-order valence-corrected chi connectivity index (χ0v) is 19.0. The molecule has 5 rings (SSSR count). The molecule has 1 N–H and O–H groups in total. The minimum absolute atomic E-state index is 0.801. The highest BCUT2D eigenvalue weighted by atomic mass is 15.3. The summed E-state index contributed by atoms with van der Waals surface area (Å²) in [5, 5.41) is 8.94. The van der Waals surface area contributed by atoms with Gasteiger partial charge >= 0.3 is 0 Å². The van der Waals surface area contributed by atoms with Crippen LogP contribution in [0.5, 0.6) is 0 Å². The van der Waals surface area contributed by atoms with Gasteiger partial charge in [-0.2, -0.15) is 0 Å². The fraction of sp³-hybridized carbons (Fsp3) is 0.133. The van der Waals surface area contributed by atoms with Crippen LogP contribution in [0.15, 0.2) is 103 Å². The van der Waals surface area contributed by atoms with Gasteiger partial charge in [0.25, 0.3) is 0 Å². The third kappa shape index (κ3) is 3.53. The molecule has 0 amide bonds. The van der Waals surface area contributed by atoms with Gasteiger partial charge in [0.1, 0.15) is 5.69 Å². The zero-order chi connectivity index (χ0) is 22.1. The molecule has 5 aromatic rings. The Morgan fingerprint density at radius 3 is 1.94 bits per heavy atom. The highest BCUT2D eigenvalue weighted by Gasteiger charge is 2.25. The van der Waals surface area contributed by atoms with Crippen molar-refractivity contribution >= 4 is 38.6 Å². The average Bonchev–Trinajstić information content (AvgIpc) is 2.84. The smallest absolute Gasteiger partial charge is 0.164 e. The Morgan fingerprint density at radius 1 is 0.625 bits per heavy atom. The molecule has 2 nitrogen and oxygen atoms in total. The first-order valence-corrected chi connectivity index (χ1v) is 11.3. The summed E-state index contributed by atoms with van der Waals surface area (Å²) in [5.74, 6) is 0. The maximum absolute atomic E-state index is 3.90. The predicted molar refractivity (Wildman–Crippen MR) is 141 cm³/mol. The summed E-state index contributed by atoms with van der Waals surface area (Å²) < 4.78 is 0.801. The van der Waals surface area contributed by atoms with Gasteiger partial charge in [-0.15, -0.1) is 0 Å². The normalized spacial score (nSPS) is 11.7. The van der Waals surface area contributed by atoms with Crippen molar-refractivity contribution in [2.24, 2.45) is 0 Å². The van der Waals surface area contributed by atoms with Crippen molar-refractivity contribution in [2.75, 3.05) is 26.0 Å². The molecule has 2 heteroatoms. The monoisotopic (exact) mass is 417 g/mol.